The number of fused-ring (bicyclic) bond motifs is 2. The number of nitrogens with one attached hydrogen (secondary N) is 1. The number of hydrogen-bond donors (Lipinski definition) is 2. The lowest BCUT2D eigenvalue weighted by atomic mass is 10.2. The second-order valence-corrected chi connectivity index (χ2v) is 11.1. The molecule has 4 aromatic rings. The van der Waals surface area contributed by atoms with E-state index >= 15 is 0 Å². The number of aromatic nitrogens is 4. The maximum absolute atomic E-state index is 12.5. The lowest BCUT2D eigenvalue weighted by Crippen LogP contribution is -2.11. The van der Waals surface area contributed by atoms with Gasteiger partial charge in [-0.25, -0.2) is 23.5 Å². The number of aromatic amines is 1. The Morgan fingerprint density at radius 3 is 2.74 bits per heavy atom. The number of aryl methyl sites for hydroxylation is 3. The van der Waals surface area contributed by atoms with E-state index in [1.807, 2.05) is 13.8 Å². The van der Waals surface area contributed by atoms with Crippen molar-refractivity contribution in [2.45, 2.75) is 56.0 Å². The van der Waals surface area contributed by atoms with Crippen molar-refractivity contribution in [3.05, 3.63) is 44.8 Å². The molecule has 3 heterocycles. The zero-order valence-corrected chi connectivity index (χ0v) is 19.9. The van der Waals surface area contributed by atoms with Gasteiger partial charge in [0.2, 0.25) is 10.0 Å². The van der Waals surface area contributed by atoms with E-state index in [0.717, 1.165) is 45.3 Å². The molecule has 0 unspecified atom stereocenters. The number of hydrogen-bond acceptors (Lipinski definition) is 7. The van der Waals surface area contributed by atoms with Crippen LogP contribution in [0.15, 0.2) is 33.0 Å². The van der Waals surface area contributed by atoms with Crippen molar-refractivity contribution in [2.75, 3.05) is 0 Å². The van der Waals surface area contributed by atoms with Crippen molar-refractivity contribution in [1.29, 1.82) is 0 Å². The number of rotatable bonds is 7. The van der Waals surface area contributed by atoms with Crippen LogP contribution in [-0.2, 0) is 22.3 Å². The smallest absolute Gasteiger partial charge is 0.259 e. The minimum Gasteiger partial charge on any atom is -0.319 e. The van der Waals surface area contributed by atoms with Crippen LogP contribution < -0.4 is 10.7 Å². The van der Waals surface area contributed by atoms with Crippen molar-refractivity contribution in [2.24, 2.45) is 5.14 Å². The van der Waals surface area contributed by atoms with Crippen molar-refractivity contribution in [3.63, 3.8) is 0 Å². The molecule has 4 rings (SSSR count). The second-order valence-electron chi connectivity index (χ2n) is 7.36. The molecule has 0 aliphatic heterocycles. The van der Waals surface area contributed by atoms with Gasteiger partial charge in [0.05, 0.1) is 27.1 Å². The lowest BCUT2D eigenvalue weighted by molar-refractivity contribution is 0.597. The van der Waals surface area contributed by atoms with Gasteiger partial charge in [-0.1, -0.05) is 25.1 Å². The minimum absolute atomic E-state index is 0.0385. The predicted molar refractivity (Wildman–Crippen MR) is 125 cm³/mol. The molecule has 164 valence electrons. The summed E-state index contributed by atoms with van der Waals surface area (Å²) in [5.74, 6) is 1.03. The molecule has 11 heteroatoms. The van der Waals surface area contributed by atoms with E-state index in [1.165, 1.54) is 35.2 Å². The van der Waals surface area contributed by atoms with Crippen LogP contribution in [0, 0.1) is 13.8 Å². The normalized spacial score (nSPS) is 12.3. The average molecular weight is 478 g/mol. The highest BCUT2D eigenvalue weighted by Gasteiger charge is 2.17. The first-order valence-corrected chi connectivity index (χ1v) is 13.2. The highest BCUT2D eigenvalue weighted by Crippen LogP contribution is 2.29. The quantitative estimate of drug-likeness (QED) is 0.391. The third kappa shape index (κ3) is 4.27. The molecule has 3 N–H and O–H groups in total. The van der Waals surface area contributed by atoms with Crippen molar-refractivity contribution in [3.8, 4) is 0 Å². The second kappa shape index (κ2) is 8.38. The summed E-state index contributed by atoms with van der Waals surface area (Å²) in [5, 5.41) is 6.67. The van der Waals surface area contributed by atoms with Gasteiger partial charge in [-0.3, -0.25) is 4.79 Å². The van der Waals surface area contributed by atoms with Crippen molar-refractivity contribution >= 4 is 54.4 Å². The molecule has 0 aliphatic rings. The monoisotopic (exact) mass is 477 g/mol. The molecule has 0 radical (unpaired) electrons. The Hall–Kier alpha value is -2.21. The van der Waals surface area contributed by atoms with E-state index in [4.69, 9.17) is 5.14 Å². The van der Waals surface area contributed by atoms with E-state index in [-0.39, 0.29) is 10.5 Å². The Kier molecular flexibility index (Phi) is 5.95. The Morgan fingerprint density at radius 1 is 1.26 bits per heavy atom. The molecule has 0 spiro atoms. The standard InChI is InChI=1S/C20H23N5O3S3/c1-4-5-8-25-15-7-6-13(31(21,27)28)9-14(15)22-20(25)29-10-16-23-18(26)17-11(2)12(3)30-19(17)24-16/h6-7,9H,4-5,8,10H2,1-3H3,(H2,21,27,28)(H,23,24,26). The predicted octanol–water partition coefficient (Wildman–Crippen LogP) is 3.69. The molecule has 0 aliphatic carbocycles. The summed E-state index contributed by atoms with van der Waals surface area (Å²) in [6, 6.07) is 4.75. The van der Waals surface area contributed by atoms with Crippen LogP contribution in [-0.4, -0.2) is 27.9 Å². The molecule has 0 fully saturated rings. The van der Waals surface area contributed by atoms with Gasteiger partial charge in [0.25, 0.3) is 5.56 Å². The fourth-order valence-corrected chi connectivity index (χ4v) is 5.90. The molecule has 3 aromatic heterocycles. The third-order valence-corrected chi connectivity index (χ3v) is 8.17. The number of thiophene rings is 1. The first-order chi connectivity index (χ1) is 14.7. The highest BCUT2D eigenvalue weighted by atomic mass is 32.2. The maximum Gasteiger partial charge on any atom is 0.259 e. The van der Waals surface area contributed by atoms with E-state index < -0.39 is 10.0 Å². The topological polar surface area (TPSA) is 124 Å². The SMILES string of the molecule is CCCCn1c(SCc2nc3sc(C)c(C)c3c(=O)[nH]2)nc2cc(S(N)(=O)=O)ccc21. The van der Waals surface area contributed by atoms with Crippen LogP contribution in [0.2, 0.25) is 0 Å². The fourth-order valence-electron chi connectivity index (χ4n) is 3.41. The average Bonchev–Trinajstić information content (AvgIpc) is 3.20. The summed E-state index contributed by atoms with van der Waals surface area (Å²) in [6.45, 7) is 6.79. The first-order valence-electron chi connectivity index (χ1n) is 9.83. The van der Waals surface area contributed by atoms with Gasteiger partial charge in [-0.15, -0.1) is 11.3 Å². The molecule has 31 heavy (non-hydrogen) atoms. The Morgan fingerprint density at radius 2 is 2.03 bits per heavy atom. The summed E-state index contributed by atoms with van der Waals surface area (Å²) in [7, 11) is -3.80. The van der Waals surface area contributed by atoms with Gasteiger partial charge in [0, 0.05) is 11.4 Å². The molecular formula is C20H23N5O3S3. The molecule has 1 aromatic carbocycles. The number of unbranched alkanes of at least 4 members (excludes halogenated alkanes) is 1. The molecular weight excluding hydrogens is 454 g/mol. The van der Waals surface area contributed by atoms with Gasteiger partial charge in [-0.2, -0.15) is 0 Å². The molecule has 0 bridgehead atoms. The lowest BCUT2D eigenvalue weighted by Gasteiger charge is -2.08. The molecule has 0 saturated heterocycles. The highest BCUT2D eigenvalue weighted by molar-refractivity contribution is 7.98. The van der Waals surface area contributed by atoms with Gasteiger partial charge in [0.15, 0.2) is 5.16 Å². The van der Waals surface area contributed by atoms with E-state index in [9.17, 15) is 13.2 Å². The number of nitrogens with two attached hydrogens (primary N) is 1. The number of sulfonamides is 1. The van der Waals surface area contributed by atoms with Crippen LogP contribution in [0.4, 0.5) is 0 Å². The van der Waals surface area contributed by atoms with Crippen LogP contribution >= 0.6 is 23.1 Å². The fraction of sp³-hybridized carbons (Fsp3) is 0.350. The third-order valence-electron chi connectivity index (χ3n) is 5.17. The Balaban J connectivity index is 1.70. The Bertz CT molecular complexity index is 1450. The zero-order valence-electron chi connectivity index (χ0n) is 17.4. The van der Waals surface area contributed by atoms with Gasteiger partial charge in [-0.05, 0) is 44.0 Å². The molecule has 0 saturated carbocycles. The van der Waals surface area contributed by atoms with Crippen LogP contribution in [0.25, 0.3) is 21.3 Å². The largest absolute Gasteiger partial charge is 0.319 e. The van der Waals surface area contributed by atoms with Crippen LogP contribution in [0.3, 0.4) is 0 Å². The first kappa shape index (κ1) is 22.0. The van der Waals surface area contributed by atoms with E-state index in [2.05, 4.69) is 26.4 Å². The maximum atomic E-state index is 12.5. The summed E-state index contributed by atoms with van der Waals surface area (Å²) in [4.78, 5) is 26.6. The molecule has 0 amide bonds. The van der Waals surface area contributed by atoms with Crippen molar-refractivity contribution < 1.29 is 8.42 Å². The zero-order chi connectivity index (χ0) is 22.3. The summed E-state index contributed by atoms with van der Waals surface area (Å²) in [6.07, 6.45) is 1.98. The van der Waals surface area contributed by atoms with Crippen LogP contribution in [0.1, 0.15) is 36.0 Å². The van der Waals surface area contributed by atoms with Gasteiger partial charge >= 0.3 is 0 Å². The summed E-state index contributed by atoms with van der Waals surface area (Å²) < 4.78 is 25.5. The van der Waals surface area contributed by atoms with Gasteiger partial charge in [0.1, 0.15) is 10.7 Å². The van der Waals surface area contributed by atoms with Crippen LogP contribution in [0.5, 0.6) is 0 Å². The number of nitrogens with zero attached hydrogens (tertiary/aromatic N) is 3. The molecule has 8 nitrogen and oxygen atoms in total. The number of H-pyrrole nitrogens is 1. The number of thioether (sulfide) groups is 1. The number of primary sulfonamides is 1. The number of benzene rings is 1. The summed E-state index contributed by atoms with van der Waals surface area (Å²) in [5.41, 5.74) is 2.27. The van der Waals surface area contributed by atoms with E-state index in [1.54, 1.807) is 6.07 Å². The Labute approximate surface area is 188 Å². The van der Waals surface area contributed by atoms with E-state index in [0.29, 0.717) is 22.5 Å². The van der Waals surface area contributed by atoms with Crippen molar-refractivity contribution in [1.82, 2.24) is 19.5 Å². The number of imidazole rings is 1. The summed E-state index contributed by atoms with van der Waals surface area (Å²) >= 11 is 2.98. The minimum atomic E-state index is -3.80. The van der Waals surface area contributed by atoms with Gasteiger partial charge < -0.3 is 9.55 Å². The molecule has 0 atom stereocenters.